The van der Waals surface area contributed by atoms with Crippen molar-refractivity contribution in [1.82, 2.24) is 9.80 Å². The molecule has 2 aromatic rings. The van der Waals surface area contributed by atoms with Crippen LogP contribution >= 0.6 is 0 Å². The van der Waals surface area contributed by atoms with Crippen LogP contribution in [-0.2, 0) is 24.2 Å². The van der Waals surface area contributed by atoms with Gasteiger partial charge in [0, 0.05) is 57.2 Å². The number of para-hydroxylation sites is 2. The third kappa shape index (κ3) is 3.40. The Balaban J connectivity index is 1.15. The smallest absolute Gasteiger partial charge is 0.241 e. The molecule has 1 fully saturated rings. The molecule has 1 saturated heterocycles. The van der Waals surface area contributed by atoms with Gasteiger partial charge >= 0.3 is 0 Å². The van der Waals surface area contributed by atoms with Gasteiger partial charge in [0.15, 0.2) is 0 Å². The topological polar surface area (TPSA) is 38.8 Å². The van der Waals surface area contributed by atoms with Crippen molar-refractivity contribution in [2.24, 2.45) is 0 Å². The summed E-state index contributed by atoms with van der Waals surface area (Å²) in [5, 5.41) is 3.55. The van der Waals surface area contributed by atoms with Gasteiger partial charge in [0.1, 0.15) is 0 Å². The summed E-state index contributed by atoms with van der Waals surface area (Å²) in [5.74, 6) is 0.239. The van der Waals surface area contributed by atoms with Crippen molar-refractivity contribution in [2.75, 3.05) is 56.0 Å². The van der Waals surface area contributed by atoms with Gasteiger partial charge in [0.25, 0.3) is 0 Å². The second-order valence-corrected chi connectivity index (χ2v) is 8.10. The molecule has 0 bridgehead atoms. The first-order valence-electron chi connectivity index (χ1n) is 10.5. The van der Waals surface area contributed by atoms with E-state index in [1.54, 1.807) is 0 Å². The number of benzene rings is 2. The summed E-state index contributed by atoms with van der Waals surface area (Å²) in [6.45, 7) is 7.38. The van der Waals surface area contributed by atoms with Crippen molar-refractivity contribution in [3.05, 3.63) is 59.2 Å². The molecule has 5 heteroatoms. The number of anilines is 2. The lowest BCUT2D eigenvalue weighted by Crippen LogP contribution is -2.49. The molecule has 3 aliphatic rings. The van der Waals surface area contributed by atoms with Crippen molar-refractivity contribution < 1.29 is 4.79 Å². The van der Waals surface area contributed by atoms with Gasteiger partial charge in [-0.25, -0.2) is 0 Å². The number of carbonyl (C=O) groups is 1. The number of fused-ring (bicyclic) bond motifs is 2. The van der Waals surface area contributed by atoms with Crippen molar-refractivity contribution in [1.29, 1.82) is 0 Å². The lowest BCUT2D eigenvalue weighted by molar-refractivity contribution is -0.120. The van der Waals surface area contributed by atoms with E-state index in [1.165, 1.54) is 22.4 Å². The Morgan fingerprint density at radius 2 is 1.64 bits per heavy atom. The molecule has 5 nitrogen and oxygen atoms in total. The van der Waals surface area contributed by atoms with Gasteiger partial charge in [-0.2, -0.15) is 0 Å². The van der Waals surface area contributed by atoms with Gasteiger partial charge in [-0.05, 0) is 35.6 Å². The monoisotopic (exact) mass is 376 g/mol. The third-order valence-corrected chi connectivity index (χ3v) is 6.34. The molecule has 146 valence electrons. The Morgan fingerprint density at radius 3 is 2.54 bits per heavy atom. The molecule has 0 atom stereocenters. The molecule has 0 aromatic heterocycles. The Bertz CT molecular complexity index is 873. The highest BCUT2D eigenvalue weighted by Crippen LogP contribution is 2.29. The molecule has 0 saturated carbocycles. The van der Waals surface area contributed by atoms with Crippen molar-refractivity contribution >= 4 is 17.3 Å². The Hall–Kier alpha value is -2.37. The average Bonchev–Trinajstić information content (AvgIpc) is 3.37. The van der Waals surface area contributed by atoms with Gasteiger partial charge in [0.2, 0.25) is 5.91 Å². The number of nitrogens with one attached hydrogen (secondary N) is 1. The predicted octanol–water partition coefficient (Wildman–Crippen LogP) is 2.36. The van der Waals surface area contributed by atoms with Crippen molar-refractivity contribution in [2.45, 2.75) is 19.4 Å². The number of rotatable bonds is 4. The molecule has 5 rings (SSSR count). The van der Waals surface area contributed by atoms with Crippen molar-refractivity contribution in [3.8, 4) is 0 Å². The van der Waals surface area contributed by atoms with Gasteiger partial charge in [-0.1, -0.05) is 36.4 Å². The predicted molar refractivity (Wildman–Crippen MR) is 113 cm³/mol. The summed E-state index contributed by atoms with van der Waals surface area (Å²) < 4.78 is 0. The molecule has 1 N–H and O–H groups in total. The first-order chi connectivity index (χ1) is 13.8. The molecule has 0 aliphatic carbocycles. The molecule has 0 unspecified atom stereocenters. The second kappa shape index (κ2) is 7.57. The third-order valence-electron chi connectivity index (χ3n) is 6.34. The van der Waals surface area contributed by atoms with E-state index < -0.39 is 0 Å². The Morgan fingerprint density at radius 1 is 0.857 bits per heavy atom. The highest BCUT2D eigenvalue weighted by molar-refractivity contribution is 5.96. The summed E-state index contributed by atoms with van der Waals surface area (Å²) >= 11 is 0. The lowest BCUT2D eigenvalue weighted by atomic mass is 10.1. The van der Waals surface area contributed by atoms with Crippen LogP contribution in [0.1, 0.15) is 16.7 Å². The summed E-state index contributed by atoms with van der Waals surface area (Å²) in [7, 11) is 0. The van der Waals surface area contributed by atoms with Crippen LogP contribution < -0.4 is 10.2 Å². The normalized spacial score (nSPS) is 19.4. The fourth-order valence-electron chi connectivity index (χ4n) is 4.76. The van der Waals surface area contributed by atoms with Crippen LogP contribution in [0.25, 0.3) is 0 Å². The minimum Gasteiger partial charge on any atom is -0.384 e. The minimum atomic E-state index is 0.239. The maximum atomic E-state index is 12.8. The summed E-state index contributed by atoms with van der Waals surface area (Å²) in [6, 6.07) is 15.0. The van der Waals surface area contributed by atoms with Crippen LogP contribution in [0.4, 0.5) is 11.4 Å². The van der Waals surface area contributed by atoms with Crippen LogP contribution in [0, 0.1) is 0 Å². The first kappa shape index (κ1) is 17.7. The number of piperazine rings is 1. The number of hydrogen-bond donors (Lipinski definition) is 1. The first-order valence-corrected chi connectivity index (χ1v) is 10.5. The molecule has 0 radical (unpaired) electrons. The van der Waals surface area contributed by atoms with Gasteiger partial charge in [-0.15, -0.1) is 0 Å². The number of nitrogens with zero attached hydrogens (tertiary/aromatic N) is 3. The van der Waals surface area contributed by atoms with Crippen LogP contribution in [0.3, 0.4) is 0 Å². The number of carbonyl (C=O) groups excluding carboxylic acids is 1. The second-order valence-electron chi connectivity index (χ2n) is 8.10. The van der Waals surface area contributed by atoms with E-state index in [9.17, 15) is 4.79 Å². The zero-order valence-corrected chi connectivity index (χ0v) is 16.4. The molecule has 28 heavy (non-hydrogen) atoms. The largest absolute Gasteiger partial charge is 0.384 e. The fraction of sp³-hybridized carbons (Fsp3) is 0.435. The van der Waals surface area contributed by atoms with Gasteiger partial charge in [0.05, 0.1) is 6.54 Å². The molecule has 3 heterocycles. The average molecular weight is 377 g/mol. The zero-order valence-electron chi connectivity index (χ0n) is 16.4. The highest BCUT2D eigenvalue weighted by Gasteiger charge is 2.27. The van der Waals surface area contributed by atoms with Gasteiger partial charge in [-0.3, -0.25) is 14.6 Å². The van der Waals surface area contributed by atoms with Crippen LogP contribution in [-0.4, -0.2) is 61.5 Å². The maximum Gasteiger partial charge on any atom is 0.241 e. The maximum absolute atomic E-state index is 12.8. The molecule has 0 spiro atoms. The van der Waals surface area contributed by atoms with Crippen LogP contribution in [0.5, 0.6) is 0 Å². The number of hydrogen-bond acceptors (Lipinski definition) is 4. The molecular formula is C23H28N4O. The van der Waals surface area contributed by atoms with E-state index in [2.05, 4.69) is 51.5 Å². The molecule has 1 amide bonds. The standard InChI is InChI=1S/C23H28N4O/c28-22(27-11-9-18-4-1-2-7-21(18)27)17-26-14-12-25(13-15-26)16-20-6-3-5-19-8-10-24-23(19)20/h1-7,24H,8-17H2. The van der Waals surface area contributed by atoms with E-state index in [0.717, 1.165) is 64.3 Å². The van der Waals surface area contributed by atoms with Crippen LogP contribution in [0.2, 0.25) is 0 Å². The fourth-order valence-corrected chi connectivity index (χ4v) is 4.76. The van der Waals surface area contributed by atoms with E-state index in [1.807, 2.05) is 11.0 Å². The quantitative estimate of drug-likeness (QED) is 0.889. The molecule has 2 aromatic carbocycles. The molecular weight excluding hydrogens is 348 g/mol. The Kier molecular flexibility index (Phi) is 4.79. The Labute approximate surface area is 166 Å². The van der Waals surface area contributed by atoms with E-state index in [0.29, 0.717) is 6.54 Å². The van der Waals surface area contributed by atoms with Gasteiger partial charge < -0.3 is 10.2 Å². The van der Waals surface area contributed by atoms with Crippen molar-refractivity contribution in [3.63, 3.8) is 0 Å². The van der Waals surface area contributed by atoms with E-state index >= 15 is 0 Å². The zero-order chi connectivity index (χ0) is 18.9. The highest BCUT2D eigenvalue weighted by atomic mass is 16.2. The minimum absolute atomic E-state index is 0.239. The molecule has 3 aliphatic heterocycles. The van der Waals surface area contributed by atoms with Crippen LogP contribution in [0.15, 0.2) is 42.5 Å². The summed E-state index contributed by atoms with van der Waals surface area (Å²) in [6.07, 6.45) is 2.11. The van der Waals surface area contributed by atoms with E-state index in [4.69, 9.17) is 0 Å². The lowest BCUT2D eigenvalue weighted by Gasteiger charge is -2.35. The SMILES string of the molecule is O=C(CN1CCN(Cc2cccc3c2NCC3)CC1)N1CCc2ccccc21. The summed E-state index contributed by atoms with van der Waals surface area (Å²) in [4.78, 5) is 19.6. The summed E-state index contributed by atoms with van der Waals surface area (Å²) in [5.41, 5.74) is 6.62. The van der Waals surface area contributed by atoms with E-state index in [-0.39, 0.29) is 5.91 Å². The number of amides is 1.